The standard InChI is InChI=1S/Mn.Ni.H2O4S.Zr/c;;1-5(2,3)4;/h;;(H2,1,2,3,4);. The Morgan fingerprint density at radius 1 is 1.12 bits per heavy atom. The SMILES string of the molecule is O=S(=O)(O)O.[Mn].[Ni].[Zr]. The van der Waals surface area contributed by atoms with Crippen LogP contribution >= 0.6 is 0 Å². The smallest absolute Gasteiger partial charge is 0.264 e. The molecule has 0 rings (SSSR count). The average Bonchev–Trinajstić information content (AvgIpc) is 0.722. The maximum absolute atomic E-state index is 8.74. The largest absolute Gasteiger partial charge is 0.394 e. The van der Waals surface area contributed by atoms with Crippen LogP contribution in [0.25, 0.3) is 0 Å². The molecule has 0 spiro atoms. The molecule has 0 aliphatic rings. The van der Waals surface area contributed by atoms with E-state index in [-0.39, 0.29) is 59.8 Å². The maximum atomic E-state index is 8.74. The van der Waals surface area contributed by atoms with Crippen molar-refractivity contribution >= 4 is 10.4 Å². The minimum absolute atomic E-state index is 0. The minimum atomic E-state index is -4.67. The van der Waals surface area contributed by atoms with Gasteiger partial charge < -0.3 is 0 Å². The molecule has 0 fully saturated rings. The van der Waals surface area contributed by atoms with E-state index in [0.717, 1.165) is 0 Å². The molecule has 0 heterocycles. The van der Waals surface area contributed by atoms with Crippen molar-refractivity contribution in [3.63, 3.8) is 0 Å². The summed E-state index contributed by atoms with van der Waals surface area (Å²) in [5, 5.41) is 0. The van der Waals surface area contributed by atoms with Crippen molar-refractivity contribution in [2.24, 2.45) is 0 Å². The van der Waals surface area contributed by atoms with E-state index >= 15 is 0 Å². The Balaban J connectivity index is -0.0000000267. The third-order valence-electron chi connectivity index (χ3n) is 0. The number of hydrogen-bond donors (Lipinski definition) is 2. The zero-order valence-corrected chi connectivity index (χ0v) is 8.76. The molecule has 0 bridgehead atoms. The summed E-state index contributed by atoms with van der Waals surface area (Å²) in [5.74, 6) is 0. The fraction of sp³-hybridized carbons (Fsp3) is 0. The Labute approximate surface area is 86.9 Å². The van der Waals surface area contributed by atoms with Crippen molar-refractivity contribution in [1.29, 1.82) is 0 Å². The van der Waals surface area contributed by atoms with Gasteiger partial charge in [0.2, 0.25) is 0 Å². The predicted octanol–water partition coefficient (Wildman–Crippen LogP) is -0.660. The maximum Gasteiger partial charge on any atom is 0.394 e. The predicted molar refractivity (Wildman–Crippen MR) is 14.2 cm³/mol. The average molecular weight is 303 g/mol. The van der Waals surface area contributed by atoms with Crippen molar-refractivity contribution in [2.75, 3.05) is 0 Å². The van der Waals surface area contributed by atoms with E-state index in [1.54, 1.807) is 0 Å². The number of rotatable bonds is 0. The van der Waals surface area contributed by atoms with Crippen LogP contribution in [-0.2, 0) is 70.2 Å². The summed E-state index contributed by atoms with van der Waals surface area (Å²) in [5.41, 5.74) is 0. The van der Waals surface area contributed by atoms with Gasteiger partial charge in [-0.2, -0.15) is 8.42 Å². The summed E-state index contributed by atoms with van der Waals surface area (Å²) < 4.78 is 31.6. The topological polar surface area (TPSA) is 74.6 Å². The van der Waals surface area contributed by atoms with Gasteiger partial charge in [0.25, 0.3) is 0 Å². The molecule has 2 N–H and O–H groups in total. The summed E-state index contributed by atoms with van der Waals surface area (Å²) in [7, 11) is -4.67. The van der Waals surface area contributed by atoms with E-state index in [1.807, 2.05) is 0 Å². The Hall–Kier alpha value is 1.77. The molecule has 0 saturated carbocycles. The van der Waals surface area contributed by atoms with Gasteiger partial charge >= 0.3 is 10.4 Å². The zero-order valence-electron chi connectivity index (χ0n) is 3.31. The first-order chi connectivity index (χ1) is 2.00. The molecule has 0 aliphatic heterocycles. The van der Waals surface area contributed by atoms with E-state index < -0.39 is 10.4 Å². The first-order valence-corrected chi connectivity index (χ1v) is 2.10. The quantitative estimate of drug-likeness (QED) is 0.460. The summed E-state index contributed by atoms with van der Waals surface area (Å²) in [6.07, 6.45) is 0. The van der Waals surface area contributed by atoms with Crippen LogP contribution in [0.3, 0.4) is 0 Å². The Bertz CT molecular complexity index is 99.2. The van der Waals surface area contributed by atoms with Crippen LogP contribution < -0.4 is 0 Å². The fourth-order valence-electron chi connectivity index (χ4n) is 0. The summed E-state index contributed by atoms with van der Waals surface area (Å²) >= 11 is 0. The molecule has 1 radical (unpaired) electrons. The molecule has 0 aliphatic carbocycles. The molecular weight excluding hydrogens is 301 g/mol. The zero-order chi connectivity index (χ0) is 4.50. The van der Waals surface area contributed by atoms with Gasteiger partial charge in [0.05, 0.1) is 0 Å². The second kappa shape index (κ2) is 8.77. The van der Waals surface area contributed by atoms with Gasteiger partial charge in [0.15, 0.2) is 0 Å². The molecule has 8 heteroatoms. The molecule has 8 heavy (non-hydrogen) atoms. The second-order valence-electron chi connectivity index (χ2n) is 0.448. The van der Waals surface area contributed by atoms with E-state index in [0.29, 0.717) is 0 Å². The Kier molecular flexibility index (Phi) is 24.7. The normalized spacial score (nSPS) is 7.25. The van der Waals surface area contributed by atoms with Gasteiger partial charge in [-0.1, -0.05) is 0 Å². The Morgan fingerprint density at radius 3 is 1.12 bits per heavy atom. The van der Waals surface area contributed by atoms with Gasteiger partial charge in [-0.15, -0.1) is 0 Å². The van der Waals surface area contributed by atoms with Crippen LogP contribution in [0.5, 0.6) is 0 Å². The van der Waals surface area contributed by atoms with Crippen molar-refractivity contribution < 1.29 is 77.3 Å². The second-order valence-corrected chi connectivity index (χ2v) is 1.34. The molecular formula is H2MnNiO4SZr. The summed E-state index contributed by atoms with van der Waals surface area (Å²) in [6.45, 7) is 0. The summed E-state index contributed by atoms with van der Waals surface area (Å²) in [6, 6.07) is 0. The third-order valence-corrected chi connectivity index (χ3v) is 0. The van der Waals surface area contributed by atoms with Gasteiger partial charge in [0, 0.05) is 59.8 Å². The van der Waals surface area contributed by atoms with Crippen LogP contribution in [0.4, 0.5) is 0 Å². The van der Waals surface area contributed by atoms with Crippen molar-refractivity contribution in [2.45, 2.75) is 0 Å². The molecule has 53 valence electrons. The number of hydrogen-bond acceptors (Lipinski definition) is 2. The van der Waals surface area contributed by atoms with Crippen LogP contribution in [0, 0.1) is 0 Å². The molecule has 0 amide bonds. The molecule has 0 saturated heterocycles. The van der Waals surface area contributed by atoms with Gasteiger partial charge in [-0.3, -0.25) is 9.11 Å². The van der Waals surface area contributed by atoms with E-state index in [4.69, 9.17) is 17.5 Å². The van der Waals surface area contributed by atoms with Crippen LogP contribution in [0.15, 0.2) is 0 Å². The first kappa shape index (κ1) is 22.6. The molecule has 0 aromatic rings. The van der Waals surface area contributed by atoms with E-state index in [2.05, 4.69) is 0 Å². The molecule has 0 atom stereocenters. The minimum Gasteiger partial charge on any atom is -0.264 e. The molecule has 0 aromatic heterocycles. The van der Waals surface area contributed by atoms with Crippen LogP contribution in [-0.4, -0.2) is 17.5 Å². The van der Waals surface area contributed by atoms with Crippen molar-refractivity contribution in [3.05, 3.63) is 0 Å². The van der Waals surface area contributed by atoms with Gasteiger partial charge in [-0.05, 0) is 0 Å². The summed E-state index contributed by atoms with van der Waals surface area (Å²) in [4.78, 5) is 0. The molecule has 0 aromatic carbocycles. The molecule has 0 unspecified atom stereocenters. The van der Waals surface area contributed by atoms with Crippen LogP contribution in [0.2, 0.25) is 0 Å². The van der Waals surface area contributed by atoms with Crippen molar-refractivity contribution in [1.82, 2.24) is 0 Å². The first-order valence-electron chi connectivity index (χ1n) is 0.698. The van der Waals surface area contributed by atoms with E-state index in [1.165, 1.54) is 0 Å². The Morgan fingerprint density at radius 2 is 1.12 bits per heavy atom. The third kappa shape index (κ3) is 114. The van der Waals surface area contributed by atoms with Gasteiger partial charge in [0.1, 0.15) is 0 Å². The van der Waals surface area contributed by atoms with E-state index in [9.17, 15) is 0 Å². The monoisotopic (exact) mass is 301 g/mol. The van der Waals surface area contributed by atoms with Gasteiger partial charge in [-0.25, -0.2) is 0 Å². The molecule has 4 nitrogen and oxygen atoms in total. The van der Waals surface area contributed by atoms with Crippen molar-refractivity contribution in [3.8, 4) is 0 Å². The van der Waals surface area contributed by atoms with Crippen LogP contribution in [0.1, 0.15) is 0 Å². The fourth-order valence-corrected chi connectivity index (χ4v) is 0.